The first kappa shape index (κ1) is 25.0. The number of epoxide rings is 2. The Morgan fingerprint density at radius 1 is 0.868 bits per heavy atom. The van der Waals surface area contributed by atoms with Gasteiger partial charge < -0.3 is 23.8 Å². The summed E-state index contributed by atoms with van der Waals surface area (Å²) in [7, 11) is -3.47. The van der Waals surface area contributed by atoms with Crippen molar-refractivity contribution in [3.05, 3.63) is 80.0 Å². The molecule has 0 radical (unpaired) electrons. The number of benzene rings is 2. The highest BCUT2D eigenvalue weighted by atomic mass is 31.2. The van der Waals surface area contributed by atoms with E-state index in [1.165, 1.54) is 0 Å². The molecule has 4 atom stereocenters. The highest BCUT2D eigenvalue weighted by Gasteiger charge is 2.36. The number of nitrogens with zero attached hydrogens (tertiary/aromatic N) is 3. The van der Waals surface area contributed by atoms with Crippen molar-refractivity contribution in [3.63, 3.8) is 0 Å². The number of para-hydroxylation sites is 1. The number of aliphatic hydroxyl groups is 1. The van der Waals surface area contributed by atoms with Crippen molar-refractivity contribution < 1.29 is 28.4 Å². The zero-order chi connectivity index (χ0) is 26.4. The maximum atomic E-state index is 13.8. The first-order chi connectivity index (χ1) is 18.3. The van der Waals surface area contributed by atoms with Gasteiger partial charge in [0, 0.05) is 5.56 Å². The third kappa shape index (κ3) is 4.81. The molecule has 0 bridgehead atoms. The summed E-state index contributed by atoms with van der Waals surface area (Å²) in [4.78, 5) is 38.8. The molecule has 1 N–H and O–H groups in total. The predicted octanol–water partition coefficient (Wildman–Crippen LogP) is -0.0327. The van der Waals surface area contributed by atoms with Gasteiger partial charge in [-0.15, -0.1) is 0 Å². The second-order valence-corrected chi connectivity index (χ2v) is 11.8. The molecule has 4 heterocycles. The molecule has 3 aliphatic rings. The lowest BCUT2D eigenvalue weighted by Gasteiger charge is -2.28. The fourth-order valence-electron chi connectivity index (χ4n) is 4.55. The van der Waals surface area contributed by atoms with Gasteiger partial charge in [-0.05, 0) is 17.7 Å². The lowest BCUT2D eigenvalue weighted by molar-refractivity contribution is 0.0417. The third-order valence-electron chi connectivity index (χ3n) is 6.62. The van der Waals surface area contributed by atoms with Crippen LogP contribution in [0.5, 0.6) is 5.75 Å². The zero-order valence-corrected chi connectivity index (χ0v) is 21.2. The molecule has 12 nitrogen and oxygen atoms in total. The fraction of sp³-hybridized carbons (Fsp3) is 0.400. The van der Waals surface area contributed by atoms with E-state index in [1.54, 1.807) is 24.3 Å². The molecule has 0 aliphatic carbocycles. The number of ether oxygens (including phenoxy) is 3. The molecule has 0 spiro atoms. The van der Waals surface area contributed by atoms with Gasteiger partial charge in [0.2, 0.25) is 0 Å². The molecule has 38 heavy (non-hydrogen) atoms. The van der Waals surface area contributed by atoms with E-state index in [1.807, 2.05) is 24.3 Å². The second-order valence-electron chi connectivity index (χ2n) is 9.52. The first-order valence-electron chi connectivity index (χ1n) is 12.3. The molecule has 3 aromatic rings. The Bertz CT molecular complexity index is 1550. The Morgan fingerprint density at radius 3 is 2.05 bits per heavy atom. The van der Waals surface area contributed by atoms with Crippen molar-refractivity contribution >= 4 is 12.7 Å². The van der Waals surface area contributed by atoms with Crippen LogP contribution in [0.15, 0.2) is 62.9 Å². The van der Waals surface area contributed by atoms with Gasteiger partial charge >= 0.3 is 24.4 Å². The molecule has 0 amide bonds. The van der Waals surface area contributed by atoms with Crippen LogP contribution < -0.4 is 26.9 Å². The van der Waals surface area contributed by atoms with E-state index in [2.05, 4.69) is 0 Å². The number of hydrogen-bond acceptors (Lipinski definition) is 9. The van der Waals surface area contributed by atoms with Crippen molar-refractivity contribution in [2.24, 2.45) is 0 Å². The minimum absolute atomic E-state index is 0.0114. The Balaban J connectivity index is 1.19. The molecule has 3 aliphatic heterocycles. The molecule has 0 saturated carbocycles. The monoisotopic (exact) mass is 543 g/mol. The van der Waals surface area contributed by atoms with Crippen LogP contribution in [0.4, 0.5) is 0 Å². The number of aromatic nitrogens is 3. The van der Waals surface area contributed by atoms with Gasteiger partial charge in [-0.25, -0.2) is 28.1 Å². The van der Waals surface area contributed by atoms with Crippen LogP contribution >= 0.6 is 7.37 Å². The molecule has 1 aromatic heterocycles. The van der Waals surface area contributed by atoms with E-state index in [9.17, 15) is 24.1 Å². The van der Waals surface area contributed by atoms with Crippen LogP contribution in [0.1, 0.15) is 0 Å². The minimum Gasteiger partial charge on any atom is -0.438 e. The maximum Gasteiger partial charge on any atom is 0.336 e. The van der Waals surface area contributed by atoms with Crippen molar-refractivity contribution in [1.29, 1.82) is 0 Å². The molecular formula is C25H26N3O9P. The Hall–Kier alpha value is -3.28. The van der Waals surface area contributed by atoms with Gasteiger partial charge in [-0.3, -0.25) is 4.57 Å². The standard InChI is InChI=1S/C25H26N3O9P/c29-16(9-26-23(30)27(10-17-13-35-17)25(32)28(24(26)31)11-18-14-36-18)12-34-15-38(33)22-8-4-2-6-20(22)19-5-1-3-7-21(19)37-38/h1-8,16-18,29H,9-15H2. The SMILES string of the molecule is O=c1n(CC(O)COCP2(=O)Oc3ccccc3-c3ccccc32)c(=O)n(CC2CO2)c(=O)n1CC1CO1. The Morgan fingerprint density at radius 2 is 1.42 bits per heavy atom. The molecule has 200 valence electrons. The average Bonchev–Trinajstić information content (AvgIpc) is 3.84. The minimum atomic E-state index is -3.47. The lowest BCUT2D eigenvalue weighted by Crippen LogP contribution is -2.56. The number of hydrogen-bond donors (Lipinski definition) is 1. The smallest absolute Gasteiger partial charge is 0.336 e. The van der Waals surface area contributed by atoms with E-state index in [0.29, 0.717) is 24.3 Å². The maximum absolute atomic E-state index is 13.8. The van der Waals surface area contributed by atoms with E-state index in [4.69, 9.17) is 18.7 Å². The summed E-state index contributed by atoms with van der Waals surface area (Å²) in [6, 6.07) is 14.5. The van der Waals surface area contributed by atoms with Crippen LogP contribution in [0, 0.1) is 0 Å². The van der Waals surface area contributed by atoms with E-state index >= 15 is 0 Å². The summed E-state index contributed by atoms with van der Waals surface area (Å²) in [5, 5.41) is 11.2. The Labute approximate surface area is 216 Å². The van der Waals surface area contributed by atoms with Crippen molar-refractivity contribution in [2.45, 2.75) is 37.9 Å². The summed E-state index contributed by atoms with van der Waals surface area (Å²) in [6.07, 6.45) is -2.16. The third-order valence-corrected chi connectivity index (χ3v) is 8.76. The molecule has 2 saturated heterocycles. The van der Waals surface area contributed by atoms with Crippen molar-refractivity contribution in [1.82, 2.24) is 13.7 Å². The van der Waals surface area contributed by atoms with Crippen molar-refractivity contribution in [2.75, 3.05) is 26.2 Å². The summed E-state index contributed by atoms with van der Waals surface area (Å²) >= 11 is 0. The summed E-state index contributed by atoms with van der Waals surface area (Å²) in [6.45, 7) is 0.125. The highest BCUT2D eigenvalue weighted by molar-refractivity contribution is 7.67. The van der Waals surface area contributed by atoms with Gasteiger partial charge in [0.1, 0.15) is 12.1 Å². The van der Waals surface area contributed by atoms with Gasteiger partial charge in [-0.1, -0.05) is 36.4 Å². The predicted molar refractivity (Wildman–Crippen MR) is 135 cm³/mol. The average molecular weight is 543 g/mol. The van der Waals surface area contributed by atoms with Gasteiger partial charge in [-0.2, -0.15) is 0 Å². The largest absolute Gasteiger partial charge is 0.438 e. The molecule has 2 fully saturated rings. The Kier molecular flexibility index (Phi) is 6.45. The van der Waals surface area contributed by atoms with Crippen LogP contribution in [-0.2, 0) is 38.4 Å². The zero-order valence-electron chi connectivity index (χ0n) is 20.3. The lowest BCUT2D eigenvalue weighted by atomic mass is 10.0. The van der Waals surface area contributed by atoms with Gasteiger partial charge in [0.05, 0.1) is 63.1 Å². The van der Waals surface area contributed by atoms with E-state index in [-0.39, 0.29) is 38.3 Å². The molecule has 13 heteroatoms. The normalized spacial score (nSPS) is 23.7. The van der Waals surface area contributed by atoms with Crippen LogP contribution in [0.25, 0.3) is 11.1 Å². The van der Waals surface area contributed by atoms with Crippen LogP contribution in [0.3, 0.4) is 0 Å². The molecule has 6 rings (SSSR count). The fourth-order valence-corrected chi connectivity index (χ4v) is 6.54. The topological polar surface area (TPSA) is 147 Å². The number of rotatable bonds is 10. The first-order valence-corrected chi connectivity index (χ1v) is 14.1. The molecular weight excluding hydrogens is 517 g/mol. The number of fused-ring (bicyclic) bond motifs is 3. The van der Waals surface area contributed by atoms with Crippen LogP contribution in [-0.4, -0.2) is 63.3 Å². The number of aliphatic hydroxyl groups excluding tert-OH is 1. The van der Waals surface area contributed by atoms with Crippen LogP contribution in [0.2, 0.25) is 0 Å². The molecule has 4 unspecified atom stereocenters. The highest BCUT2D eigenvalue weighted by Crippen LogP contribution is 2.54. The van der Waals surface area contributed by atoms with E-state index < -0.39 is 37.1 Å². The second kappa shape index (κ2) is 9.79. The summed E-state index contributed by atoms with van der Waals surface area (Å²) in [5.74, 6) is 0.479. The molecule has 2 aromatic carbocycles. The van der Waals surface area contributed by atoms with Crippen molar-refractivity contribution in [3.8, 4) is 16.9 Å². The quantitative estimate of drug-likeness (QED) is 0.275. The summed E-state index contributed by atoms with van der Waals surface area (Å²) < 4.78 is 38.3. The van der Waals surface area contributed by atoms with Gasteiger partial charge in [0.15, 0.2) is 0 Å². The summed E-state index contributed by atoms with van der Waals surface area (Å²) in [5.41, 5.74) is -0.795. The van der Waals surface area contributed by atoms with E-state index in [0.717, 1.165) is 24.8 Å². The van der Waals surface area contributed by atoms with Gasteiger partial charge in [0.25, 0.3) is 0 Å².